The molecule has 1 heterocycles. The van der Waals surface area contributed by atoms with Crippen LogP contribution < -0.4 is 26.8 Å². The molecule has 0 aliphatic rings. The molecule has 192 valence electrons. The van der Waals surface area contributed by atoms with Crippen molar-refractivity contribution in [3.05, 3.63) is 86.6 Å². The minimum absolute atomic E-state index is 0.0191. The number of hydrogen-bond donors (Lipinski definition) is 2. The van der Waals surface area contributed by atoms with Gasteiger partial charge < -0.3 is 20.3 Å². The Hall–Kier alpha value is -3.85. The van der Waals surface area contributed by atoms with E-state index in [0.29, 0.717) is 18.9 Å². The number of nitrogens with one attached hydrogen (secondary N) is 1. The summed E-state index contributed by atoms with van der Waals surface area (Å²) in [7, 11) is 3.40. The Bertz CT molecular complexity index is 1280. The average molecular weight is 494 g/mol. The molecule has 0 aliphatic heterocycles. The number of likely N-dealkylation sites (N-methyl/N-ethyl adjacent to an activating group) is 1. The normalized spacial score (nSPS) is 11.0. The lowest BCUT2D eigenvalue weighted by atomic mass is 10.0. The molecule has 0 saturated carbocycles. The summed E-state index contributed by atoms with van der Waals surface area (Å²) in [5.74, 6) is -0.0166. The quantitative estimate of drug-likeness (QED) is 0.397. The van der Waals surface area contributed by atoms with Crippen molar-refractivity contribution < 1.29 is 9.53 Å². The number of methoxy groups -OCH3 is 1. The fourth-order valence-corrected chi connectivity index (χ4v) is 3.99. The number of amides is 1. The molecule has 1 amide bonds. The van der Waals surface area contributed by atoms with Gasteiger partial charge in [0.2, 0.25) is 5.91 Å². The molecule has 36 heavy (non-hydrogen) atoms. The second-order valence-corrected chi connectivity index (χ2v) is 9.06. The zero-order valence-corrected chi connectivity index (χ0v) is 21.4. The van der Waals surface area contributed by atoms with Crippen LogP contribution in [0.3, 0.4) is 0 Å². The number of carbonyl (C=O) groups excluding carboxylic acids is 1. The van der Waals surface area contributed by atoms with E-state index < -0.39 is 11.2 Å². The number of ether oxygens (including phenoxy) is 1. The van der Waals surface area contributed by atoms with Crippen LogP contribution in [0.15, 0.2) is 64.2 Å². The Morgan fingerprint density at radius 3 is 2.50 bits per heavy atom. The Morgan fingerprint density at radius 2 is 1.83 bits per heavy atom. The first-order chi connectivity index (χ1) is 17.2. The van der Waals surface area contributed by atoms with Crippen LogP contribution in [0, 0.1) is 0 Å². The number of nitrogen functional groups attached to an aromatic ring is 1. The van der Waals surface area contributed by atoms with Gasteiger partial charge in [0.05, 0.1) is 13.1 Å². The van der Waals surface area contributed by atoms with Crippen molar-refractivity contribution in [3.63, 3.8) is 0 Å². The summed E-state index contributed by atoms with van der Waals surface area (Å²) in [4.78, 5) is 44.6. The number of benzene rings is 2. The van der Waals surface area contributed by atoms with E-state index in [-0.39, 0.29) is 37.0 Å². The number of carbonyl (C=O) groups is 1. The second-order valence-electron chi connectivity index (χ2n) is 9.06. The standard InChI is InChI=1S/C27H35N5O4/c1-19(2)21-12-8-13-22(16-21)30(3)18-23(33)31(14-9-15-36-4)24-25(28)32(27(35)29-26(24)34)17-20-10-6-5-7-11-20/h5-8,10-13,16,19H,9,14-15,17-18,28H2,1-4H3,(H,29,34,35). The van der Waals surface area contributed by atoms with Gasteiger partial charge in [0.1, 0.15) is 5.82 Å². The topological polar surface area (TPSA) is 114 Å². The third-order valence-corrected chi connectivity index (χ3v) is 6.05. The molecule has 0 unspecified atom stereocenters. The molecule has 3 rings (SSSR count). The van der Waals surface area contributed by atoms with Crippen LogP contribution in [-0.4, -0.2) is 49.3 Å². The largest absolute Gasteiger partial charge is 0.385 e. The van der Waals surface area contributed by atoms with Crippen LogP contribution in [0.25, 0.3) is 0 Å². The lowest BCUT2D eigenvalue weighted by Crippen LogP contribution is -2.45. The van der Waals surface area contributed by atoms with Crippen molar-refractivity contribution in [1.82, 2.24) is 9.55 Å². The Balaban J connectivity index is 1.96. The van der Waals surface area contributed by atoms with Crippen LogP contribution >= 0.6 is 0 Å². The van der Waals surface area contributed by atoms with Gasteiger partial charge in [-0.3, -0.25) is 19.1 Å². The molecule has 0 bridgehead atoms. The van der Waals surface area contributed by atoms with E-state index in [2.05, 4.69) is 31.0 Å². The molecule has 9 heteroatoms. The Kier molecular flexibility index (Phi) is 9.08. The molecular weight excluding hydrogens is 458 g/mol. The third-order valence-electron chi connectivity index (χ3n) is 6.05. The Labute approximate surface area is 211 Å². The van der Waals surface area contributed by atoms with E-state index in [1.54, 1.807) is 7.11 Å². The van der Waals surface area contributed by atoms with E-state index in [0.717, 1.165) is 16.8 Å². The van der Waals surface area contributed by atoms with E-state index >= 15 is 0 Å². The summed E-state index contributed by atoms with van der Waals surface area (Å²) in [6, 6.07) is 17.3. The molecule has 0 atom stereocenters. The molecule has 3 N–H and O–H groups in total. The molecule has 0 aliphatic carbocycles. The van der Waals surface area contributed by atoms with Crippen molar-refractivity contribution in [2.75, 3.05) is 49.4 Å². The lowest BCUT2D eigenvalue weighted by molar-refractivity contribution is -0.117. The second kappa shape index (κ2) is 12.2. The minimum atomic E-state index is -0.697. The van der Waals surface area contributed by atoms with Gasteiger partial charge >= 0.3 is 5.69 Å². The summed E-state index contributed by atoms with van der Waals surface area (Å²) in [6.45, 7) is 5.02. The highest BCUT2D eigenvalue weighted by atomic mass is 16.5. The summed E-state index contributed by atoms with van der Waals surface area (Å²) >= 11 is 0. The predicted octanol–water partition coefficient (Wildman–Crippen LogP) is 2.80. The first-order valence-corrected chi connectivity index (χ1v) is 12.0. The molecule has 1 aromatic heterocycles. The maximum atomic E-state index is 13.5. The van der Waals surface area contributed by atoms with Crippen molar-refractivity contribution in [2.45, 2.75) is 32.7 Å². The summed E-state index contributed by atoms with van der Waals surface area (Å²) in [6.07, 6.45) is 0.492. The van der Waals surface area contributed by atoms with Crippen molar-refractivity contribution in [1.29, 1.82) is 0 Å². The smallest absolute Gasteiger partial charge is 0.330 e. The summed E-state index contributed by atoms with van der Waals surface area (Å²) in [5, 5.41) is 0. The van der Waals surface area contributed by atoms with Gasteiger partial charge in [-0.25, -0.2) is 4.79 Å². The molecule has 0 radical (unpaired) electrons. The number of rotatable bonds is 11. The molecular formula is C27H35N5O4. The zero-order chi connectivity index (χ0) is 26.2. The highest BCUT2D eigenvalue weighted by Crippen LogP contribution is 2.22. The van der Waals surface area contributed by atoms with Gasteiger partial charge in [-0.05, 0) is 35.6 Å². The number of nitrogens with two attached hydrogens (primary N) is 1. The highest BCUT2D eigenvalue weighted by Gasteiger charge is 2.25. The fourth-order valence-electron chi connectivity index (χ4n) is 3.99. The Morgan fingerprint density at radius 1 is 1.11 bits per heavy atom. The lowest BCUT2D eigenvalue weighted by Gasteiger charge is -2.28. The van der Waals surface area contributed by atoms with Gasteiger partial charge in [-0.2, -0.15) is 0 Å². The van der Waals surface area contributed by atoms with Crippen LogP contribution in [0.5, 0.6) is 0 Å². The summed E-state index contributed by atoms with van der Waals surface area (Å²) < 4.78 is 6.43. The molecule has 9 nitrogen and oxygen atoms in total. The average Bonchev–Trinajstić information content (AvgIpc) is 2.86. The van der Waals surface area contributed by atoms with Crippen molar-refractivity contribution >= 4 is 23.1 Å². The van der Waals surface area contributed by atoms with Crippen molar-refractivity contribution in [3.8, 4) is 0 Å². The molecule has 0 fully saturated rings. The van der Waals surface area contributed by atoms with Crippen molar-refractivity contribution in [2.24, 2.45) is 0 Å². The number of H-pyrrole nitrogens is 1. The molecule has 0 spiro atoms. The number of aromatic nitrogens is 2. The van der Waals surface area contributed by atoms with Gasteiger partial charge in [-0.15, -0.1) is 0 Å². The molecule has 3 aromatic rings. The maximum Gasteiger partial charge on any atom is 0.330 e. The highest BCUT2D eigenvalue weighted by molar-refractivity contribution is 5.98. The number of aromatic amines is 1. The van der Waals surface area contributed by atoms with E-state index in [1.807, 2.05) is 54.4 Å². The van der Waals surface area contributed by atoms with Crippen LogP contribution in [0.1, 0.15) is 37.3 Å². The molecule has 2 aromatic carbocycles. The van der Waals surface area contributed by atoms with E-state index in [1.165, 1.54) is 9.47 Å². The zero-order valence-electron chi connectivity index (χ0n) is 21.4. The predicted molar refractivity (Wildman–Crippen MR) is 144 cm³/mol. The van der Waals surface area contributed by atoms with Gasteiger partial charge in [0.15, 0.2) is 5.69 Å². The monoisotopic (exact) mass is 493 g/mol. The van der Waals surface area contributed by atoms with E-state index in [4.69, 9.17) is 10.5 Å². The number of anilines is 3. The van der Waals surface area contributed by atoms with E-state index in [9.17, 15) is 14.4 Å². The maximum absolute atomic E-state index is 13.5. The van der Waals surface area contributed by atoms with Gasteiger partial charge in [0, 0.05) is 33.0 Å². The first-order valence-electron chi connectivity index (χ1n) is 12.0. The summed E-state index contributed by atoms with van der Waals surface area (Å²) in [5.41, 5.74) is 7.91. The first kappa shape index (κ1) is 26.7. The fraction of sp³-hybridized carbons (Fsp3) is 0.370. The molecule has 0 saturated heterocycles. The number of hydrogen-bond acceptors (Lipinski definition) is 6. The van der Waals surface area contributed by atoms with Crippen LogP contribution in [0.4, 0.5) is 17.2 Å². The SMILES string of the molecule is COCCCN(C(=O)CN(C)c1cccc(C(C)C)c1)c1c(N)n(Cc2ccccc2)c(=O)[nH]c1=O. The minimum Gasteiger partial charge on any atom is -0.385 e. The van der Waals surface area contributed by atoms with Gasteiger partial charge in [-0.1, -0.05) is 56.3 Å². The van der Waals surface area contributed by atoms with Gasteiger partial charge in [0.25, 0.3) is 5.56 Å². The number of nitrogens with zero attached hydrogens (tertiary/aromatic N) is 3. The van der Waals surface area contributed by atoms with Crippen LogP contribution in [-0.2, 0) is 16.1 Å². The third kappa shape index (κ3) is 6.42. The van der Waals surface area contributed by atoms with Crippen LogP contribution in [0.2, 0.25) is 0 Å².